The summed E-state index contributed by atoms with van der Waals surface area (Å²) < 4.78 is 0. The van der Waals surface area contributed by atoms with Gasteiger partial charge < -0.3 is 10.4 Å². The van der Waals surface area contributed by atoms with Gasteiger partial charge in [0.15, 0.2) is 0 Å². The van der Waals surface area contributed by atoms with E-state index in [1.807, 2.05) is 0 Å². The number of nitro benzene ring substituents is 1. The molecule has 1 saturated carbocycles. The van der Waals surface area contributed by atoms with Crippen LogP contribution < -0.4 is 5.32 Å². The number of non-ortho nitro benzene ring substituents is 1. The Balaban J connectivity index is 1.92. The van der Waals surface area contributed by atoms with E-state index in [1.54, 1.807) is 19.1 Å². The smallest absolute Gasteiger partial charge is 0.326 e. The van der Waals surface area contributed by atoms with Crippen LogP contribution in [0.3, 0.4) is 0 Å². The van der Waals surface area contributed by atoms with Gasteiger partial charge in [-0.2, -0.15) is 0 Å². The molecule has 0 aliphatic heterocycles. The molecule has 2 unspecified atom stereocenters. The Kier molecular flexibility index (Phi) is 5.02. The minimum atomic E-state index is -1.01. The lowest BCUT2D eigenvalue weighted by Gasteiger charge is -2.17. The fourth-order valence-corrected chi connectivity index (χ4v) is 2.86. The van der Waals surface area contributed by atoms with Crippen LogP contribution in [0.25, 0.3) is 0 Å². The van der Waals surface area contributed by atoms with Crippen LogP contribution in [0.4, 0.5) is 5.69 Å². The number of nitrogens with one attached hydrogen (secondary N) is 1. The molecule has 2 N–H and O–H groups in total. The Morgan fingerprint density at radius 3 is 2.41 bits per heavy atom. The van der Waals surface area contributed by atoms with Crippen LogP contribution in [0.1, 0.15) is 19.8 Å². The van der Waals surface area contributed by atoms with Crippen molar-refractivity contribution in [2.45, 2.75) is 36.0 Å². The number of nitro groups is 1. The minimum absolute atomic E-state index is 0.0128. The zero-order valence-corrected chi connectivity index (χ0v) is 12.7. The highest BCUT2D eigenvalue weighted by Gasteiger charge is 2.37. The molecule has 1 aromatic rings. The number of nitrogens with zero attached hydrogens (tertiary/aromatic N) is 1. The Bertz CT molecular complexity index is 585. The summed E-state index contributed by atoms with van der Waals surface area (Å²) in [4.78, 5) is 34.0. The Labute approximate surface area is 131 Å². The number of carbonyl (C=O) groups is 2. The maximum Gasteiger partial charge on any atom is 0.326 e. The summed E-state index contributed by atoms with van der Waals surface area (Å²) in [6.07, 6.45) is 1.64. The maximum atomic E-state index is 12.1. The average molecular weight is 324 g/mol. The number of carbonyl (C=O) groups excluding carboxylic acids is 1. The fourth-order valence-electron chi connectivity index (χ4n) is 1.99. The second kappa shape index (κ2) is 6.78. The van der Waals surface area contributed by atoms with Gasteiger partial charge in [-0.3, -0.25) is 14.9 Å². The SMILES string of the molecule is CC(Sc1ccc([N+](=O)[O-])cc1)C(=O)NC(C(=O)O)C1CC1. The number of rotatable bonds is 7. The van der Waals surface area contributed by atoms with Crippen molar-refractivity contribution in [2.24, 2.45) is 5.92 Å². The molecule has 1 aromatic carbocycles. The van der Waals surface area contributed by atoms with Gasteiger partial charge in [-0.05, 0) is 37.8 Å². The third kappa shape index (κ3) is 4.20. The zero-order chi connectivity index (χ0) is 16.3. The topological polar surface area (TPSA) is 110 Å². The Morgan fingerprint density at radius 2 is 1.95 bits per heavy atom. The van der Waals surface area contributed by atoms with Gasteiger partial charge in [0.1, 0.15) is 6.04 Å². The van der Waals surface area contributed by atoms with E-state index in [1.165, 1.54) is 23.9 Å². The summed E-state index contributed by atoms with van der Waals surface area (Å²) in [5.74, 6) is -1.33. The molecule has 8 heteroatoms. The van der Waals surface area contributed by atoms with Crippen molar-refractivity contribution in [3.8, 4) is 0 Å². The van der Waals surface area contributed by atoms with E-state index in [0.717, 1.165) is 12.8 Å². The van der Waals surface area contributed by atoms with E-state index in [9.17, 15) is 19.7 Å². The van der Waals surface area contributed by atoms with Gasteiger partial charge in [-0.15, -0.1) is 11.8 Å². The van der Waals surface area contributed by atoms with Gasteiger partial charge >= 0.3 is 5.97 Å². The van der Waals surface area contributed by atoms with Crippen LogP contribution in [0.5, 0.6) is 0 Å². The van der Waals surface area contributed by atoms with Gasteiger partial charge in [0, 0.05) is 17.0 Å². The standard InChI is InChI=1S/C14H16N2O5S/c1-8(13(17)15-12(14(18)19)9-2-3-9)22-11-6-4-10(5-7-11)16(20)21/h4-9,12H,2-3H2,1H3,(H,15,17)(H,18,19). The van der Waals surface area contributed by atoms with Crippen molar-refractivity contribution < 1.29 is 19.6 Å². The highest BCUT2D eigenvalue weighted by molar-refractivity contribution is 8.00. The summed E-state index contributed by atoms with van der Waals surface area (Å²) >= 11 is 1.23. The maximum absolute atomic E-state index is 12.1. The van der Waals surface area contributed by atoms with Crippen LogP contribution in [0, 0.1) is 16.0 Å². The number of hydrogen-bond donors (Lipinski definition) is 2. The highest BCUT2D eigenvalue weighted by Crippen LogP contribution is 2.33. The first-order chi connectivity index (χ1) is 10.4. The second-order valence-corrected chi connectivity index (χ2v) is 6.59. The van der Waals surface area contributed by atoms with Gasteiger partial charge in [0.25, 0.3) is 5.69 Å². The second-order valence-electron chi connectivity index (χ2n) is 5.17. The summed E-state index contributed by atoms with van der Waals surface area (Å²) in [5, 5.41) is 21.8. The van der Waals surface area contributed by atoms with E-state index >= 15 is 0 Å². The molecule has 7 nitrogen and oxygen atoms in total. The first kappa shape index (κ1) is 16.3. The van der Waals surface area contributed by atoms with Gasteiger partial charge in [-0.1, -0.05) is 0 Å². The van der Waals surface area contributed by atoms with Crippen LogP contribution in [0.2, 0.25) is 0 Å². The number of thioether (sulfide) groups is 1. The normalized spacial score (nSPS) is 16.6. The van der Waals surface area contributed by atoms with E-state index in [4.69, 9.17) is 5.11 Å². The van der Waals surface area contributed by atoms with Crippen LogP contribution in [0.15, 0.2) is 29.2 Å². The Morgan fingerprint density at radius 1 is 1.36 bits per heavy atom. The third-order valence-corrected chi connectivity index (χ3v) is 4.50. The van der Waals surface area contributed by atoms with Crippen molar-refractivity contribution in [2.75, 3.05) is 0 Å². The molecule has 0 aromatic heterocycles. The lowest BCUT2D eigenvalue weighted by Crippen LogP contribution is -2.45. The third-order valence-electron chi connectivity index (χ3n) is 3.39. The van der Waals surface area contributed by atoms with E-state index < -0.39 is 22.2 Å². The summed E-state index contributed by atoms with van der Waals surface area (Å²) in [7, 11) is 0. The van der Waals surface area contributed by atoms with Crippen molar-refractivity contribution in [3.05, 3.63) is 34.4 Å². The van der Waals surface area contributed by atoms with Gasteiger partial charge in [-0.25, -0.2) is 4.79 Å². The molecule has 2 rings (SSSR count). The van der Waals surface area contributed by atoms with Crippen molar-refractivity contribution >= 4 is 29.3 Å². The van der Waals surface area contributed by atoms with Crippen LogP contribution >= 0.6 is 11.8 Å². The van der Waals surface area contributed by atoms with E-state index in [-0.39, 0.29) is 17.5 Å². The molecule has 0 radical (unpaired) electrons. The number of carboxylic acids is 1. The zero-order valence-electron chi connectivity index (χ0n) is 11.9. The van der Waals surface area contributed by atoms with Crippen molar-refractivity contribution in [3.63, 3.8) is 0 Å². The highest BCUT2D eigenvalue weighted by atomic mass is 32.2. The van der Waals surface area contributed by atoms with Crippen LogP contribution in [-0.4, -0.2) is 33.2 Å². The number of hydrogen-bond acceptors (Lipinski definition) is 5. The van der Waals surface area contributed by atoms with Crippen molar-refractivity contribution in [1.29, 1.82) is 0 Å². The first-order valence-corrected chi connectivity index (χ1v) is 7.70. The van der Waals surface area contributed by atoms with E-state index in [0.29, 0.717) is 4.90 Å². The molecule has 1 aliphatic carbocycles. The van der Waals surface area contributed by atoms with Crippen LogP contribution in [-0.2, 0) is 9.59 Å². The number of amides is 1. The summed E-state index contributed by atoms with van der Waals surface area (Å²) in [6, 6.07) is 5.06. The lowest BCUT2D eigenvalue weighted by molar-refractivity contribution is -0.384. The quantitative estimate of drug-likeness (QED) is 0.451. The number of aliphatic carboxylic acids is 1. The molecule has 1 amide bonds. The predicted molar refractivity (Wildman–Crippen MR) is 80.7 cm³/mol. The summed E-state index contributed by atoms with van der Waals surface area (Å²) in [6.45, 7) is 1.67. The Hall–Kier alpha value is -2.09. The van der Waals surface area contributed by atoms with Gasteiger partial charge in [0.05, 0.1) is 10.2 Å². The molecular weight excluding hydrogens is 308 g/mol. The fraction of sp³-hybridized carbons (Fsp3) is 0.429. The average Bonchev–Trinajstić information content (AvgIpc) is 3.29. The molecule has 0 saturated heterocycles. The number of benzene rings is 1. The lowest BCUT2D eigenvalue weighted by atomic mass is 10.2. The molecule has 0 heterocycles. The monoisotopic (exact) mass is 324 g/mol. The molecule has 0 spiro atoms. The molecule has 2 atom stereocenters. The molecule has 22 heavy (non-hydrogen) atoms. The van der Waals surface area contributed by atoms with Crippen molar-refractivity contribution in [1.82, 2.24) is 5.32 Å². The molecule has 1 fully saturated rings. The first-order valence-electron chi connectivity index (χ1n) is 6.83. The van der Waals surface area contributed by atoms with E-state index in [2.05, 4.69) is 5.32 Å². The van der Waals surface area contributed by atoms with Gasteiger partial charge in [0.2, 0.25) is 5.91 Å². The molecule has 0 bridgehead atoms. The number of carboxylic acid groups (broad SMARTS) is 1. The summed E-state index contributed by atoms with van der Waals surface area (Å²) in [5.41, 5.74) is -0.0128. The molecule has 1 aliphatic rings. The molecular formula is C14H16N2O5S. The largest absolute Gasteiger partial charge is 0.480 e. The minimum Gasteiger partial charge on any atom is -0.480 e. The molecule has 118 valence electrons. The predicted octanol–water partition coefficient (Wildman–Crippen LogP) is 2.05.